The van der Waals surface area contributed by atoms with Crippen LogP contribution in [0.4, 0.5) is 5.82 Å². The zero-order chi connectivity index (χ0) is 55.8. The number of cyclic esters (lactones) is 1. The van der Waals surface area contributed by atoms with E-state index in [1.54, 1.807) is 0 Å². The molecule has 432 valence electrons. The molecule has 0 saturated carbocycles. The van der Waals surface area contributed by atoms with Gasteiger partial charge in [-0.25, -0.2) is 13.9 Å². The number of aliphatic hydroxyl groups is 5. The summed E-state index contributed by atoms with van der Waals surface area (Å²) in [6.07, 6.45) is 22.3. The number of aliphatic hydroxyl groups excluding tert-OH is 5. The molecule has 0 aliphatic carbocycles. The van der Waals surface area contributed by atoms with Crippen LogP contribution < -0.4 is 11.4 Å². The molecular formula is C53H87N3O18P2. The van der Waals surface area contributed by atoms with E-state index in [0.717, 1.165) is 81.4 Å². The molecule has 0 radical (unpaired) electrons. The van der Waals surface area contributed by atoms with Crippen LogP contribution in [0.1, 0.15) is 161 Å². The molecule has 2 unspecified atom stereocenters. The molecule has 1 saturated heterocycles. The number of hydrogen-bond acceptors (Lipinski definition) is 18. The Kier molecular flexibility index (Phi) is 32.7. The van der Waals surface area contributed by atoms with Gasteiger partial charge in [-0.1, -0.05) is 139 Å². The van der Waals surface area contributed by atoms with Crippen LogP contribution in [0, 0.1) is 11.8 Å². The van der Waals surface area contributed by atoms with Gasteiger partial charge in [0.2, 0.25) is 0 Å². The topological polar surface area (TPSA) is 326 Å². The van der Waals surface area contributed by atoms with Crippen molar-refractivity contribution in [2.45, 2.75) is 204 Å². The van der Waals surface area contributed by atoms with Gasteiger partial charge in [-0.3, -0.25) is 23.2 Å². The van der Waals surface area contributed by atoms with E-state index in [9.17, 15) is 58.8 Å². The van der Waals surface area contributed by atoms with Crippen molar-refractivity contribution in [3.8, 4) is 0 Å². The number of unbranched alkanes of at least 4 members (excludes halogenated alkanes) is 12. The maximum absolute atomic E-state index is 13.3. The van der Waals surface area contributed by atoms with Gasteiger partial charge in [-0.15, -0.1) is 0 Å². The van der Waals surface area contributed by atoms with Gasteiger partial charge in [-0.05, 0) is 63.9 Å². The number of phosphoric acid groups is 2. The van der Waals surface area contributed by atoms with Crippen molar-refractivity contribution in [2.75, 3.05) is 25.6 Å². The van der Waals surface area contributed by atoms with Crippen molar-refractivity contribution in [1.29, 1.82) is 0 Å². The fourth-order valence-electron chi connectivity index (χ4n) is 8.58. The molecular weight excluding hydrogens is 1030 g/mol. The number of aromatic nitrogens is 2. The van der Waals surface area contributed by atoms with Crippen LogP contribution in [-0.2, 0) is 46.3 Å². The number of phosphoric ester groups is 2. The fourth-order valence-corrected chi connectivity index (χ4v) is 10.7. The van der Waals surface area contributed by atoms with Crippen LogP contribution >= 0.6 is 15.6 Å². The number of allylic oxidation sites excluding steroid dienone is 7. The minimum absolute atomic E-state index is 0.0432. The molecule has 3 heterocycles. The number of hydrogen-bond donors (Lipinski definition) is 8. The van der Waals surface area contributed by atoms with E-state index in [4.69, 9.17) is 29.0 Å². The summed E-state index contributed by atoms with van der Waals surface area (Å²) in [4.78, 5) is 64.2. The summed E-state index contributed by atoms with van der Waals surface area (Å²) < 4.78 is 58.7. The summed E-state index contributed by atoms with van der Waals surface area (Å²) in [6, 6.07) is 1.22. The molecule has 1 fully saturated rings. The van der Waals surface area contributed by atoms with Crippen LogP contribution in [0.15, 0.2) is 77.8 Å². The highest BCUT2D eigenvalue weighted by Crippen LogP contribution is 2.60. The number of fused-ring (bicyclic) bond motifs is 3. The second kappa shape index (κ2) is 37.3. The third kappa shape index (κ3) is 27.3. The first kappa shape index (κ1) is 66.6. The molecule has 0 amide bonds. The molecule has 0 aromatic carbocycles. The summed E-state index contributed by atoms with van der Waals surface area (Å²) in [5.74, 6) is -4.44. The number of anilines is 1. The summed E-state index contributed by atoms with van der Waals surface area (Å²) in [7, 11) is -11.3. The first-order valence-electron chi connectivity index (χ1n) is 27.1. The number of carbonyl (C=O) groups excluding carboxylic acids is 2. The Bertz CT molecular complexity index is 2140. The quantitative estimate of drug-likeness (QED) is 0.0180. The third-order valence-electron chi connectivity index (χ3n) is 12.9. The van der Waals surface area contributed by atoms with Crippen LogP contribution in [0.3, 0.4) is 0 Å². The lowest BCUT2D eigenvalue weighted by molar-refractivity contribution is -0.194. The molecule has 2 aliphatic heterocycles. The van der Waals surface area contributed by atoms with Gasteiger partial charge >= 0.3 is 33.3 Å². The Morgan fingerprint density at radius 2 is 1.42 bits per heavy atom. The Balaban J connectivity index is 1.69. The van der Waals surface area contributed by atoms with Gasteiger partial charge < -0.3 is 55.3 Å². The minimum Gasteiger partial charge on any atom is -0.462 e. The van der Waals surface area contributed by atoms with Crippen LogP contribution in [0.25, 0.3) is 0 Å². The van der Waals surface area contributed by atoms with E-state index in [0.29, 0.717) is 19.3 Å². The number of carbonyl (C=O) groups is 2. The zero-order valence-electron chi connectivity index (χ0n) is 44.4. The second-order valence-corrected chi connectivity index (χ2v) is 22.4. The highest BCUT2D eigenvalue weighted by atomic mass is 31.3. The van der Waals surface area contributed by atoms with E-state index in [-0.39, 0.29) is 18.7 Å². The number of nitrogens with zero attached hydrogens (tertiary/aromatic N) is 2. The lowest BCUT2D eigenvalue weighted by atomic mass is 9.82. The van der Waals surface area contributed by atoms with E-state index in [1.807, 2.05) is 6.92 Å². The smallest absolute Gasteiger partial charge is 0.462 e. The average molecular weight is 1120 g/mol. The number of nitrogen functional groups attached to an aromatic ring is 1. The minimum atomic E-state index is -5.70. The molecule has 2 aliphatic rings. The first-order valence-corrected chi connectivity index (χ1v) is 30.0. The second-order valence-electron chi connectivity index (χ2n) is 19.4. The maximum Gasteiger partial charge on any atom is 0.481 e. The Morgan fingerprint density at radius 1 is 0.816 bits per heavy atom. The van der Waals surface area contributed by atoms with Gasteiger partial charge in [0.15, 0.2) is 6.10 Å². The normalized spacial score (nSPS) is 29.2. The van der Waals surface area contributed by atoms with E-state index < -0.39 is 127 Å². The van der Waals surface area contributed by atoms with Gasteiger partial charge in [0.1, 0.15) is 30.9 Å². The molecule has 0 spiro atoms. The zero-order valence-corrected chi connectivity index (χ0v) is 46.2. The summed E-state index contributed by atoms with van der Waals surface area (Å²) in [5.41, 5.74) is 4.73. The number of nitrogens with two attached hydrogens (primary N) is 1. The monoisotopic (exact) mass is 1120 g/mol. The maximum atomic E-state index is 13.3. The van der Waals surface area contributed by atoms with Crippen molar-refractivity contribution in [3.63, 3.8) is 0 Å². The fraction of sp³-hybridized carbons (Fsp3) is 0.698. The third-order valence-corrected chi connectivity index (χ3v) is 15.5. The molecule has 9 N–H and O–H groups in total. The SMILES string of the molecule is CCCCCC/C=C\C/C=C\C/C=C\CCCCCCCCC(=O)OC[C@@H]1COP(=O)(O)OP(=O)(O)OC[C@H]2O[C@@H](n3ccc(N)nc3=O)[C@H](CC=CCC(=O)O1)[C@@H](O)C[C@@H](O)[C@H](C=C[C@H](O)CCCCC)[C@H](O)[C@@H]2O. The van der Waals surface area contributed by atoms with E-state index in [1.165, 1.54) is 56.1 Å². The molecule has 76 heavy (non-hydrogen) atoms. The molecule has 12 atom stereocenters. The lowest BCUT2D eigenvalue weighted by Gasteiger charge is -2.40. The molecule has 1 aromatic heterocycles. The average Bonchev–Trinajstić information content (AvgIpc) is 3.36. The summed E-state index contributed by atoms with van der Waals surface area (Å²) in [5, 5.41) is 57.3. The van der Waals surface area contributed by atoms with Crippen LogP contribution in [0.5, 0.6) is 0 Å². The van der Waals surface area contributed by atoms with Crippen molar-refractivity contribution < 1.29 is 81.6 Å². The van der Waals surface area contributed by atoms with Gasteiger partial charge in [0.05, 0.1) is 44.1 Å². The predicted molar refractivity (Wildman–Crippen MR) is 286 cm³/mol. The van der Waals surface area contributed by atoms with Gasteiger partial charge in [0.25, 0.3) is 0 Å². The highest BCUT2D eigenvalue weighted by Gasteiger charge is 2.45. The van der Waals surface area contributed by atoms with E-state index >= 15 is 0 Å². The lowest BCUT2D eigenvalue weighted by Crippen LogP contribution is -2.52. The largest absolute Gasteiger partial charge is 0.481 e. The van der Waals surface area contributed by atoms with Crippen molar-refractivity contribution in [2.24, 2.45) is 11.8 Å². The number of esters is 2. The standard InChI is InChI=1S/C53H87N3O18P2/c1-3-5-7-8-9-10-11-12-13-14-15-16-17-18-19-20-21-22-23-25-30-48(60)69-37-41-38-70-75(65,66)74-76(67,68)71-39-46-51(63)50(62)42(33-32-40(57)28-24-6-4-2)44(58)36-45(59)43(29-26-27-31-49(61)72-41)52(73-46)56-35-34-47(54)55-53(56)64/h10-11,13-14,16-17,26-27,32-35,40-46,50-52,57-59,62-63H,3-9,12,15,18-25,28-31,36-39H2,1-2H3,(H,65,66)(H,67,68)(H2,54,55,64)/b11-10-,14-13-,17-16-,27-26?,33-32?/t40-,41-,42+,43-,44-,45+,46-,50+,51-,52-/m1/s1. The number of ether oxygens (including phenoxy) is 3. The molecule has 21 nitrogen and oxygen atoms in total. The van der Waals surface area contributed by atoms with Crippen molar-refractivity contribution >= 4 is 33.4 Å². The van der Waals surface area contributed by atoms with Crippen molar-refractivity contribution in [1.82, 2.24) is 9.55 Å². The molecule has 3 rings (SSSR count). The summed E-state index contributed by atoms with van der Waals surface area (Å²) >= 11 is 0. The van der Waals surface area contributed by atoms with Gasteiger partial charge in [0, 0.05) is 30.9 Å². The Hall–Kier alpha value is -3.66. The molecule has 1 aromatic rings. The highest BCUT2D eigenvalue weighted by molar-refractivity contribution is 7.61. The first-order chi connectivity index (χ1) is 36.4. The number of rotatable bonds is 27. The predicted octanol–water partition coefficient (Wildman–Crippen LogP) is 7.88. The van der Waals surface area contributed by atoms with Crippen LogP contribution in [0.2, 0.25) is 0 Å². The van der Waals surface area contributed by atoms with Crippen molar-refractivity contribution in [3.05, 3.63) is 83.5 Å². The molecule has 23 heteroatoms. The van der Waals surface area contributed by atoms with Gasteiger partial charge in [-0.2, -0.15) is 9.29 Å². The Morgan fingerprint density at radius 3 is 2.08 bits per heavy atom. The van der Waals surface area contributed by atoms with Crippen LogP contribution in [-0.4, -0.2) is 119 Å². The molecule has 2 bridgehead atoms. The Labute approximate surface area is 448 Å². The van der Waals surface area contributed by atoms with E-state index in [2.05, 4.69) is 52.7 Å². The summed E-state index contributed by atoms with van der Waals surface area (Å²) in [6.45, 7) is 1.42.